The fraction of sp³-hybridized carbons (Fsp3) is 0.462. The minimum atomic E-state index is -0.321. The van der Waals surface area contributed by atoms with Gasteiger partial charge in [-0.1, -0.05) is 42.7 Å². The van der Waals surface area contributed by atoms with Crippen molar-refractivity contribution in [2.75, 3.05) is 5.73 Å². The van der Waals surface area contributed by atoms with E-state index in [4.69, 9.17) is 5.73 Å². The molecule has 2 fully saturated rings. The van der Waals surface area contributed by atoms with E-state index < -0.39 is 0 Å². The zero-order valence-electron chi connectivity index (χ0n) is 17.9. The summed E-state index contributed by atoms with van der Waals surface area (Å²) in [4.78, 5) is 17.5. The lowest BCUT2D eigenvalue weighted by atomic mass is 9.92. The van der Waals surface area contributed by atoms with Crippen LogP contribution in [-0.4, -0.2) is 16.9 Å². The highest BCUT2D eigenvalue weighted by Gasteiger charge is 2.51. The molecule has 2 aliphatic rings. The van der Waals surface area contributed by atoms with Crippen molar-refractivity contribution in [3.63, 3.8) is 0 Å². The molecule has 0 radical (unpaired) electrons. The first-order valence-corrected chi connectivity index (χ1v) is 11.1. The SMILES string of the molecule is Cc1ccc(C2(C(=O)NC3CC(C#Cc4ccc(N)cn4)CC[C@@H](C)C3)CC2)cc1. The Morgan fingerprint density at radius 2 is 1.90 bits per heavy atom. The van der Waals surface area contributed by atoms with Crippen molar-refractivity contribution >= 4 is 11.6 Å². The number of carbonyl (C=O) groups is 1. The Kier molecular flexibility index (Phi) is 5.81. The zero-order valence-corrected chi connectivity index (χ0v) is 17.9. The van der Waals surface area contributed by atoms with Gasteiger partial charge >= 0.3 is 0 Å². The van der Waals surface area contributed by atoms with Crippen molar-refractivity contribution in [3.05, 3.63) is 59.4 Å². The van der Waals surface area contributed by atoms with Gasteiger partial charge in [0.2, 0.25) is 5.91 Å². The van der Waals surface area contributed by atoms with E-state index in [0.29, 0.717) is 11.6 Å². The molecule has 3 atom stereocenters. The third-order valence-electron chi connectivity index (χ3n) is 6.58. The first-order valence-electron chi connectivity index (χ1n) is 11.1. The van der Waals surface area contributed by atoms with Crippen molar-refractivity contribution in [1.82, 2.24) is 10.3 Å². The Bertz CT molecular complexity index is 949. The van der Waals surface area contributed by atoms with Gasteiger partial charge in [0.1, 0.15) is 5.69 Å². The van der Waals surface area contributed by atoms with Crippen molar-refractivity contribution in [2.45, 2.75) is 63.8 Å². The molecule has 1 amide bonds. The topological polar surface area (TPSA) is 68.0 Å². The summed E-state index contributed by atoms with van der Waals surface area (Å²) in [7, 11) is 0. The van der Waals surface area contributed by atoms with E-state index in [1.807, 2.05) is 12.1 Å². The van der Waals surface area contributed by atoms with E-state index >= 15 is 0 Å². The van der Waals surface area contributed by atoms with Crippen molar-refractivity contribution < 1.29 is 4.79 Å². The molecule has 0 bridgehead atoms. The van der Waals surface area contributed by atoms with Crippen molar-refractivity contribution in [1.29, 1.82) is 0 Å². The molecule has 3 N–H and O–H groups in total. The Labute approximate surface area is 179 Å². The molecule has 4 rings (SSSR count). The van der Waals surface area contributed by atoms with E-state index in [9.17, 15) is 4.79 Å². The number of hydrogen-bond acceptors (Lipinski definition) is 3. The van der Waals surface area contributed by atoms with E-state index in [2.05, 4.69) is 60.3 Å². The number of benzene rings is 1. The standard InChI is InChI=1S/C26H31N3O/c1-18-4-8-21(9-5-18)26(13-14-26)25(30)29-24-15-19(2)3-6-20(16-24)7-11-23-12-10-22(27)17-28-23/h4-5,8-10,12,17,19-20,24H,3,6,13-16,27H2,1-2H3,(H,29,30)/t19-,20?,24?/m1/s1. The molecule has 1 aromatic carbocycles. The highest BCUT2D eigenvalue weighted by Crippen LogP contribution is 2.48. The molecule has 1 aromatic heterocycles. The maximum atomic E-state index is 13.2. The van der Waals surface area contributed by atoms with Gasteiger partial charge in [0.15, 0.2) is 0 Å². The van der Waals surface area contributed by atoms with E-state index in [1.165, 1.54) is 5.56 Å². The molecule has 156 valence electrons. The van der Waals surface area contributed by atoms with E-state index in [1.54, 1.807) is 6.20 Å². The molecule has 4 heteroatoms. The predicted molar refractivity (Wildman–Crippen MR) is 121 cm³/mol. The molecular formula is C26H31N3O. The minimum Gasteiger partial charge on any atom is -0.397 e. The van der Waals surface area contributed by atoms with Crippen LogP contribution >= 0.6 is 0 Å². The molecule has 2 aromatic rings. The molecule has 2 aliphatic carbocycles. The largest absolute Gasteiger partial charge is 0.397 e. The number of anilines is 1. The van der Waals surface area contributed by atoms with Crippen LogP contribution in [0.25, 0.3) is 0 Å². The quantitative estimate of drug-likeness (QED) is 0.593. The van der Waals surface area contributed by atoms with Crippen molar-refractivity contribution in [3.8, 4) is 11.8 Å². The normalized spacial score (nSPS) is 24.8. The lowest BCUT2D eigenvalue weighted by molar-refractivity contribution is -0.124. The number of hydrogen-bond donors (Lipinski definition) is 2. The van der Waals surface area contributed by atoms with Crippen LogP contribution in [0.4, 0.5) is 5.69 Å². The number of nitrogens with two attached hydrogens (primary N) is 1. The first-order chi connectivity index (χ1) is 14.4. The number of rotatable bonds is 3. The fourth-order valence-electron chi connectivity index (χ4n) is 4.52. The number of carbonyl (C=O) groups excluding carboxylic acids is 1. The molecule has 2 unspecified atom stereocenters. The van der Waals surface area contributed by atoms with Gasteiger partial charge in [-0.2, -0.15) is 0 Å². The lowest BCUT2D eigenvalue weighted by Gasteiger charge is -2.24. The summed E-state index contributed by atoms with van der Waals surface area (Å²) in [5.41, 5.74) is 9.16. The number of nitrogens with one attached hydrogen (secondary N) is 1. The lowest BCUT2D eigenvalue weighted by Crippen LogP contribution is -2.42. The number of amides is 1. The average Bonchev–Trinajstić information content (AvgIpc) is 3.54. The summed E-state index contributed by atoms with van der Waals surface area (Å²) in [6, 6.07) is 12.3. The Morgan fingerprint density at radius 1 is 1.13 bits per heavy atom. The minimum absolute atomic E-state index is 0.177. The van der Waals surface area contributed by atoms with Crippen LogP contribution in [0.2, 0.25) is 0 Å². The molecule has 0 spiro atoms. The fourth-order valence-corrected chi connectivity index (χ4v) is 4.52. The number of nitrogens with zero attached hydrogens (tertiary/aromatic N) is 1. The van der Waals surface area contributed by atoms with Gasteiger partial charge in [-0.25, -0.2) is 4.98 Å². The molecule has 30 heavy (non-hydrogen) atoms. The third kappa shape index (κ3) is 4.67. The maximum absolute atomic E-state index is 13.2. The molecule has 4 nitrogen and oxygen atoms in total. The number of pyridine rings is 1. The van der Waals surface area contributed by atoms with Crippen molar-refractivity contribution in [2.24, 2.45) is 11.8 Å². The highest BCUT2D eigenvalue weighted by atomic mass is 16.2. The smallest absolute Gasteiger partial charge is 0.230 e. The zero-order chi connectivity index (χ0) is 21.1. The molecule has 2 saturated carbocycles. The first kappa shape index (κ1) is 20.5. The predicted octanol–water partition coefficient (Wildman–Crippen LogP) is 4.37. The van der Waals surface area contributed by atoms with Crippen LogP contribution in [0.5, 0.6) is 0 Å². The number of aryl methyl sites for hydroxylation is 1. The summed E-state index contributed by atoms with van der Waals surface area (Å²) in [6.07, 6.45) is 7.66. The van der Waals surface area contributed by atoms with E-state index in [-0.39, 0.29) is 23.3 Å². The Hall–Kier alpha value is -2.80. The van der Waals surface area contributed by atoms with Gasteiger partial charge in [-0.3, -0.25) is 4.79 Å². The van der Waals surface area contributed by atoms with Gasteiger partial charge in [-0.05, 0) is 75.0 Å². The van der Waals surface area contributed by atoms with Gasteiger partial charge in [-0.15, -0.1) is 0 Å². The van der Waals surface area contributed by atoms with Crippen LogP contribution in [0.15, 0.2) is 42.6 Å². The van der Waals surface area contributed by atoms with E-state index in [0.717, 1.165) is 49.8 Å². The molecule has 0 saturated heterocycles. The second-order valence-electron chi connectivity index (χ2n) is 9.22. The van der Waals surface area contributed by atoms with Gasteiger partial charge in [0, 0.05) is 12.0 Å². The summed E-state index contributed by atoms with van der Waals surface area (Å²) in [6.45, 7) is 4.36. The van der Waals surface area contributed by atoms with Crippen LogP contribution in [-0.2, 0) is 10.2 Å². The van der Waals surface area contributed by atoms with Gasteiger partial charge in [0.25, 0.3) is 0 Å². The summed E-state index contributed by atoms with van der Waals surface area (Å²) >= 11 is 0. The molecular weight excluding hydrogens is 370 g/mol. The van der Waals surface area contributed by atoms with Gasteiger partial charge in [0.05, 0.1) is 17.3 Å². The third-order valence-corrected chi connectivity index (χ3v) is 6.58. The highest BCUT2D eigenvalue weighted by molar-refractivity contribution is 5.91. The Morgan fingerprint density at radius 3 is 2.57 bits per heavy atom. The molecule has 0 aliphatic heterocycles. The summed E-state index contributed by atoms with van der Waals surface area (Å²) in [5.74, 6) is 7.66. The molecule has 1 heterocycles. The Balaban J connectivity index is 1.44. The second kappa shape index (κ2) is 8.52. The average molecular weight is 402 g/mol. The maximum Gasteiger partial charge on any atom is 0.230 e. The number of nitrogen functional groups attached to an aromatic ring is 1. The monoisotopic (exact) mass is 401 g/mol. The van der Waals surface area contributed by atoms with Crippen LogP contribution < -0.4 is 11.1 Å². The van der Waals surface area contributed by atoms with Crippen LogP contribution in [0.3, 0.4) is 0 Å². The summed E-state index contributed by atoms with van der Waals surface area (Å²) in [5, 5.41) is 3.40. The van der Waals surface area contributed by atoms with Crippen LogP contribution in [0, 0.1) is 30.6 Å². The second-order valence-corrected chi connectivity index (χ2v) is 9.22. The van der Waals surface area contributed by atoms with Crippen LogP contribution in [0.1, 0.15) is 62.3 Å². The van der Waals surface area contributed by atoms with Gasteiger partial charge < -0.3 is 11.1 Å². The summed E-state index contributed by atoms with van der Waals surface area (Å²) < 4.78 is 0. The number of aromatic nitrogens is 1.